The summed E-state index contributed by atoms with van der Waals surface area (Å²) in [6, 6.07) is 12.8. The Bertz CT molecular complexity index is 864. The molecule has 1 fully saturated rings. The van der Waals surface area contributed by atoms with Gasteiger partial charge in [0.15, 0.2) is 0 Å². The monoisotopic (exact) mass is 441 g/mol. The second-order valence-electron chi connectivity index (χ2n) is 8.14. The number of benzene rings is 1. The van der Waals surface area contributed by atoms with Crippen molar-refractivity contribution < 1.29 is 24.6 Å². The first kappa shape index (κ1) is 25.0. The van der Waals surface area contributed by atoms with Gasteiger partial charge in [-0.25, -0.2) is 9.59 Å². The lowest BCUT2D eigenvalue weighted by atomic mass is 9.95. The van der Waals surface area contributed by atoms with Crippen LogP contribution in [0.3, 0.4) is 0 Å². The molecule has 0 spiro atoms. The Balaban J connectivity index is 0.000000534. The first-order valence-electron chi connectivity index (χ1n) is 10.7. The molecule has 1 aromatic carbocycles. The molecule has 1 saturated heterocycles. The molecule has 8 nitrogen and oxygen atoms in total. The van der Waals surface area contributed by atoms with Crippen LogP contribution in [0.4, 0.5) is 0 Å². The van der Waals surface area contributed by atoms with Gasteiger partial charge in [0.25, 0.3) is 0 Å². The zero-order chi connectivity index (χ0) is 23.5. The largest absolute Gasteiger partial charge is 0.473 e. The van der Waals surface area contributed by atoms with Crippen LogP contribution in [-0.2, 0) is 27.5 Å². The van der Waals surface area contributed by atoms with Crippen molar-refractivity contribution in [3.8, 4) is 0 Å². The average Bonchev–Trinajstić information content (AvgIpc) is 2.79. The molecule has 0 unspecified atom stereocenters. The molecule has 172 valence electrons. The van der Waals surface area contributed by atoms with Gasteiger partial charge in [0.05, 0.1) is 0 Å². The van der Waals surface area contributed by atoms with Gasteiger partial charge < -0.3 is 15.5 Å². The van der Waals surface area contributed by atoms with Gasteiger partial charge in [-0.3, -0.25) is 14.7 Å². The standard InChI is InChI=1S/C22H29N3O.C2H2O4/c1-17(2)20-7-5-18(6-8-20)16-25-12-9-21(10-13-25)22(26)24-15-19-4-3-11-23-14-19;3-1(4)2(5)6/h3-8,11,14,17,21H,9-10,12-13,15-16H2,1-2H3,(H,24,26);(H,3,4)(H,5,6). The molecule has 3 N–H and O–H groups in total. The van der Waals surface area contributed by atoms with Crippen LogP contribution in [0.25, 0.3) is 0 Å². The van der Waals surface area contributed by atoms with Gasteiger partial charge in [0.2, 0.25) is 5.91 Å². The number of nitrogens with zero attached hydrogens (tertiary/aromatic N) is 2. The zero-order valence-electron chi connectivity index (χ0n) is 18.5. The minimum atomic E-state index is -1.82. The summed E-state index contributed by atoms with van der Waals surface area (Å²) < 4.78 is 0. The fourth-order valence-electron chi connectivity index (χ4n) is 3.46. The minimum absolute atomic E-state index is 0.131. The number of carboxylic acids is 2. The Morgan fingerprint density at radius 3 is 2.16 bits per heavy atom. The number of carbonyl (C=O) groups is 3. The molecule has 1 aliphatic rings. The van der Waals surface area contributed by atoms with E-state index in [-0.39, 0.29) is 11.8 Å². The van der Waals surface area contributed by atoms with Crippen molar-refractivity contribution in [3.63, 3.8) is 0 Å². The van der Waals surface area contributed by atoms with Crippen LogP contribution >= 0.6 is 0 Å². The molecule has 0 aliphatic carbocycles. The number of hydrogen-bond donors (Lipinski definition) is 3. The number of aromatic nitrogens is 1. The molecule has 1 amide bonds. The topological polar surface area (TPSA) is 120 Å². The maximum Gasteiger partial charge on any atom is 0.414 e. The number of aliphatic carboxylic acids is 2. The molecule has 3 rings (SSSR count). The molecule has 1 aromatic heterocycles. The molecule has 0 saturated carbocycles. The Kier molecular flexibility index (Phi) is 9.81. The van der Waals surface area contributed by atoms with E-state index in [1.165, 1.54) is 11.1 Å². The van der Waals surface area contributed by atoms with Gasteiger partial charge >= 0.3 is 11.9 Å². The second kappa shape index (κ2) is 12.6. The van der Waals surface area contributed by atoms with E-state index < -0.39 is 11.9 Å². The van der Waals surface area contributed by atoms with Crippen LogP contribution in [0.15, 0.2) is 48.8 Å². The van der Waals surface area contributed by atoms with Crippen LogP contribution < -0.4 is 5.32 Å². The summed E-state index contributed by atoms with van der Waals surface area (Å²) in [5.74, 6) is -2.77. The molecule has 0 atom stereocenters. The van der Waals surface area contributed by atoms with E-state index in [4.69, 9.17) is 19.8 Å². The normalized spacial score (nSPS) is 14.3. The first-order valence-corrected chi connectivity index (χ1v) is 10.7. The van der Waals surface area contributed by atoms with E-state index in [1.807, 2.05) is 12.1 Å². The van der Waals surface area contributed by atoms with Crippen LogP contribution in [0.1, 0.15) is 49.3 Å². The molecule has 2 heterocycles. The van der Waals surface area contributed by atoms with Crippen molar-refractivity contribution in [1.29, 1.82) is 0 Å². The number of rotatable bonds is 6. The number of likely N-dealkylation sites (tertiary alicyclic amines) is 1. The van der Waals surface area contributed by atoms with E-state index in [1.54, 1.807) is 12.4 Å². The van der Waals surface area contributed by atoms with E-state index in [2.05, 4.69) is 53.3 Å². The predicted molar refractivity (Wildman–Crippen MR) is 120 cm³/mol. The molecular formula is C24H31N3O5. The number of pyridine rings is 1. The van der Waals surface area contributed by atoms with Crippen molar-refractivity contribution in [1.82, 2.24) is 15.2 Å². The molecular weight excluding hydrogens is 410 g/mol. The maximum atomic E-state index is 12.4. The highest BCUT2D eigenvalue weighted by Gasteiger charge is 2.24. The van der Waals surface area contributed by atoms with Crippen molar-refractivity contribution >= 4 is 17.8 Å². The van der Waals surface area contributed by atoms with Crippen molar-refractivity contribution in [2.75, 3.05) is 13.1 Å². The summed E-state index contributed by atoms with van der Waals surface area (Å²) in [5.41, 5.74) is 3.79. The van der Waals surface area contributed by atoms with Crippen LogP contribution in [-0.4, -0.2) is 51.0 Å². The molecule has 8 heteroatoms. The Morgan fingerprint density at radius 2 is 1.66 bits per heavy atom. The lowest BCUT2D eigenvalue weighted by Crippen LogP contribution is -2.40. The quantitative estimate of drug-likeness (QED) is 0.590. The summed E-state index contributed by atoms with van der Waals surface area (Å²) in [7, 11) is 0. The molecule has 1 aliphatic heterocycles. The van der Waals surface area contributed by atoms with Gasteiger partial charge in [0, 0.05) is 31.4 Å². The molecule has 0 radical (unpaired) electrons. The summed E-state index contributed by atoms with van der Waals surface area (Å²) in [6.45, 7) is 7.95. The Hall–Kier alpha value is -3.26. The molecule has 2 aromatic rings. The van der Waals surface area contributed by atoms with Gasteiger partial charge in [-0.1, -0.05) is 44.2 Å². The number of nitrogens with one attached hydrogen (secondary N) is 1. The second-order valence-corrected chi connectivity index (χ2v) is 8.14. The van der Waals surface area contributed by atoms with Crippen LogP contribution in [0.5, 0.6) is 0 Å². The Labute approximate surface area is 188 Å². The fourth-order valence-corrected chi connectivity index (χ4v) is 3.46. The first-order chi connectivity index (χ1) is 15.3. The van der Waals surface area contributed by atoms with Gasteiger partial charge in [-0.2, -0.15) is 0 Å². The maximum absolute atomic E-state index is 12.4. The summed E-state index contributed by atoms with van der Waals surface area (Å²) in [6.07, 6.45) is 5.41. The average molecular weight is 442 g/mol. The van der Waals surface area contributed by atoms with Gasteiger partial charge in [-0.05, 0) is 54.6 Å². The zero-order valence-corrected chi connectivity index (χ0v) is 18.5. The summed E-state index contributed by atoms with van der Waals surface area (Å²) in [5, 5.41) is 17.8. The molecule has 32 heavy (non-hydrogen) atoms. The van der Waals surface area contributed by atoms with Gasteiger partial charge in [-0.15, -0.1) is 0 Å². The lowest BCUT2D eigenvalue weighted by Gasteiger charge is -2.31. The summed E-state index contributed by atoms with van der Waals surface area (Å²) >= 11 is 0. The van der Waals surface area contributed by atoms with Crippen LogP contribution in [0.2, 0.25) is 0 Å². The third-order valence-electron chi connectivity index (χ3n) is 5.38. The highest BCUT2D eigenvalue weighted by atomic mass is 16.4. The SMILES string of the molecule is CC(C)c1ccc(CN2CCC(C(=O)NCc3cccnc3)CC2)cc1.O=C(O)C(=O)O. The highest BCUT2D eigenvalue weighted by molar-refractivity contribution is 6.27. The number of hydrogen-bond acceptors (Lipinski definition) is 5. The third-order valence-corrected chi connectivity index (χ3v) is 5.38. The number of carbonyl (C=O) groups excluding carboxylic acids is 1. The van der Waals surface area contributed by atoms with E-state index in [9.17, 15) is 4.79 Å². The van der Waals surface area contributed by atoms with E-state index in [0.717, 1.165) is 38.0 Å². The fraction of sp³-hybridized carbons (Fsp3) is 0.417. The third kappa shape index (κ3) is 8.47. The van der Waals surface area contributed by atoms with Gasteiger partial charge in [0.1, 0.15) is 0 Å². The molecule has 0 bridgehead atoms. The smallest absolute Gasteiger partial charge is 0.414 e. The Morgan fingerprint density at radius 1 is 1.03 bits per heavy atom. The van der Waals surface area contributed by atoms with Crippen molar-refractivity contribution in [2.24, 2.45) is 5.92 Å². The number of carboxylic acid groups (broad SMARTS) is 2. The number of amides is 1. The minimum Gasteiger partial charge on any atom is -0.473 e. The van der Waals surface area contributed by atoms with Crippen molar-refractivity contribution in [3.05, 3.63) is 65.5 Å². The summed E-state index contributed by atoms with van der Waals surface area (Å²) in [4.78, 5) is 37.1. The predicted octanol–water partition coefficient (Wildman–Crippen LogP) is 2.89. The lowest BCUT2D eigenvalue weighted by molar-refractivity contribution is -0.159. The highest BCUT2D eigenvalue weighted by Crippen LogP contribution is 2.21. The van der Waals surface area contributed by atoms with Crippen LogP contribution in [0, 0.1) is 5.92 Å². The van der Waals surface area contributed by atoms with E-state index >= 15 is 0 Å². The van der Waals surface area contributed by atoms with E-state index in [0.29, 0.717) is 12.5 Å². The van der Waals surface area contributed by atoms with Crippen molar-refractivity contribution in [2.45, 2.75) is 45.7 Å². The number of piperidine rings is 1.